The van der Waals surface area contributed by atoms with Crippen LogP contribution in [0.5, 0.6) is 11.6 Å². The zero-order chi connectivity index (χ0) is 23.7. The molecule has 2 aliphatic rings. The van der Waals surface area contributed by atoms with Gasteiger partial charge in [0.05, 0.1) is 16.8 Å². The number of hydrogen-bond donors (Lipinski definition) is 0. The SMILES string of the molecule is Cc1cccc(Oc2nc(N3CCCC3)nc3c2CN(Cc2cccc(C(F)(F)F)c2)CC3)c1. The van der Waals surface area contributed by atoms with Crippen molar-refractivity contribution in [2.45, 2.75) is 45.5 Å². The fraction of sp³-hybridized carbons (Fsp3) is 0.385. The van der Waals surface area contributed by atoms with Crippen LogP contribution in [0.25, 0.3) is 0 Å². The second-order valence-electron chi connectivity index (χ2n) is 9.03. The van der Waals surface area contributed by atoms with Crippen LogP contribution < -0.4 is 9.64 Å². The van der Waals surface area contributed by atoms with Gasteiger partial charge in [-0.1, -0.05) is 30.3 Å². The smallest absolute Gasteiger partial charge is 0.416 e. The van der Waals surface area contributed by atoms with Crippen LogP contribution in [0.2, 0.25) is 0 Å². The third kappa shape index (κ3) is 5.01. The quantitative estimate of drug-likeness (QED) is 0.477. The average Bonchev–Trinajstić information content (AvgIpc) is 3.34. The summed E-state index contributed by atoms with van der Waals surface area (Å²) < 4.78 is 45.7. The second kappa shape index (κ2) is 9.25. The Morgan fingerprint density at radius 2 is 1.76 bits per heavy atom. The van der Waals surface area contributed by atoms with E-state index in [-0.39, 0.29) is 0 Å². The van der Waals surface area contributed by atoms with E-state index in [1.54, 1.807) is 6.07 Å². The lowest BCUT2D eigenvalue weighted by atomic mass is 10.0. The van der Waals surface area contributed by atoms with Crippen molar-refractivity contribution in [1.29, 1.82) is 0 Å². The zero-order valence-corrected chi connectivity index (χ0v) is 19.1. The summed E-state index contributed by atoms with van der Waals surface area (Å²) in [5, 5.41) is 0. The minimum absolute atomic E-state index is 0.418. The Bertz CT molecular complexity index is 1170. The number of fused-ring (bicyclic) bond motifs is 1. The third-order valence-electron chi connectivity index (χ3n) is 6.34. The van der Waals surface area contributed by atoms with Gasteiger partial charge in [-0.05, 0) is 49.1 Å². The Labute approximate surface area is 197 Å². The summed E-state index contributed by atoms with van der Waals surface area (Å²) in [6.45, 7) is 5.53. The van der Waals surface area contributed by atoms with Gasteiger partial charge < -0.3 is 9.64 Å². The summed E-state index contributed by atoms with van der Waals surface area (Å²) in [5.74, 6) is 1.94. The maximum absolute atomic E-state index is 13.1. The van der Waals surface area contributed by atoms with Crippen LogP contribution in [0.1, 0.15) is 40.8 Å². The molecule has 0 N–H and O–H groups in total. The highest BCUT2D eigenvalue weighted by molar-refractivity contribution is 5.44. The molecule has 0 radical (unpaired) electrons. The van der Waals surface area contributed by atoms with Gasteiger partial charge >= 0.3 is 6.18 Å². The second-order valence-corrected chi connectivity index (χ2v) is 9.03. The fourth-order valence-electron chi connectivity index (χ4n) is 4.60. The van der Waals surface area contributed by atoms with Crippen molar-refractivity contribution >= 4 is 5.95 Å². The molecule has 1 aromatic heterocycles. The standard InChI is InChI=1S/C26H27F3N4O/c1-18-6-4-9-21(14-18)34-24-22-17-32(16-19-7-5-8-20(15-19)26(27,28)29)13-10-23(22)30-25(31-24)33-11-2-3-12-33/h4-9,14-15H,2-3,10-13,16-17H2,1H3. The normalized spacial score (nSPS) is 16.5. The zero-order valence-electron chi connectivity index (χ0n) is 19.1. The molecule has 0 bridgehead atoms. The maximum atomic E-state index is 13.1. The highest BCUT2D eigenvalue weighted by Crippen LogP contribution is 2.34. The number of halogens is 3. The third-order valence-corrected chi connectivity index (χ3v) is 6.34. The molecular weight excluding hydrogens is 441 g/mol. The van der Waals surface area contributed by atoms with E-state index >= 15 is 0 Å². The number of aromatic nitrogens is 2. The molecule has 3 heterocycles. The molecule has 0 spiro atoms. The molecule has 5 rings (SSSR count). The van der Waals surface area contributed by atoms with Gasteiger partial charge in [-0.25, -0.2) is 4.98 Å². The van der Waals surface area contributed by atoms with E-state index in [4.69, 9.17) is 14.7 Å². The van der Waals surface area contributed by atoms with Crippen LogP contribution in [0.4, 0.5) is 19.1 Å². The molecule has 0 atom stereocenters. The first-order valence-electron chi connectivity index (χ1n) is 11.6. The molecule has 0 amide bonds. The van der Waals surface area contributed by atoms with Gasteiger partial charge in [0.25, 0.3) is 0 Å². The van der Waals surface area contributed by atoms with E-state index in [0.717, 1.165) is 48.8 Å². The topological polar surface area (TPSA) is 41.5 Å². The van der Waals surface area contributed by atoms with Crippen molar-refractivity contribution < 1.29 is 17.9 Å². The van der Waals surface area contributed by atoms with Crippen LogP contribution >= 0.6 is 0 Å². The number of aryl methyl sites for hydroxylation is 1. The first-order chi connectivity index (χ1) is 16.3. The average molecular weight is 469 g/mol. The molecule has 0 aliphatic carbocycles. The van der Waals surface area contributed by atoms with Crippen molar-refractivity contribution in [3.05, 3.63) is 76.5 Å². The predicted molar refractivity (Wildman–Crippen MR) is 124 cm³/mol. The van der Waals surface area contributed by atoms with Crippen molar-refractivity contribution in [2.75, 3.05) is 24.5 Å². The maximum Gasteiger partial charge on any atom is 0.416 e. The van der Waals surface area contributed by atoms with E-state index in [1.165, 1.54) is 12.1 Å². The van der Waals surface area contributed by atoms with E-state index in [1.807, 2.05) is 31.2 Å². The van der Waals surface area contributed by atoms with Crippen LogP contribution in [0.15, 0.2) is 48.5 Å². The molecule has 2 aliphatic heterocycles. The first-order valence-corrected chi connectivity index (χ1v) is 11.6. The number of nitrogens with zero attached hydrogens (tertiary/aromatic N) is 4. The molecule has 34 heavy (non-hydrogen) atoms. The summed E-state index contributed by atoms with van der Waals surface area (Å²) in [5.41, 5.74) is 2.97. The van der Waals surface area contributed by atoms with Gasteiger partial charge in [-0.3, -0.25) is 4.90 Å². The Kier molecular flexibility index (Phi) is 6.16. The van der Waals surface area contributed by atoms with E-state index in [2.05, 4.69) is 9.80 Å². The molecule has 178 valence electrons. The van der Waals surface area contributed by atoms with Gasteiger partial charge in [-0.2, -0.15) is 18.2 Å². The molecule has 5 nitrogen and oxygen atoms in total. The number of rotatable bonds is 5. The number of hydrogen-bond acceptors (Lipinski definition) is 5. The molecule has 0 unspecified atom stereocenters. The number of anilines is 1. The Balaban J connectivity index is 1.43. The fourth-order valence-corrected chi connectivity index (χ4v) is 4.60. The lowest BCUT2D eigenvalue weighted by Crippen LogP contribution is -2.32. The summed E-state index contributed by atoms with van der Waals surface area (Å²) in [7, 11) is 0. The van der Waals surface area contributed by atoms with Crippen molar-refractivity contribution in [3.63, 3.8) is 0 Å². The van der Waals surface area contributed by atoms with Crippen molar-refractivity contribution in [3.8, 4) is 11.6 Å². The van der Waals surface area contributed by atoms with Crippen molar-refractivity contribution in [2.24, 2.45) is 0 Å². The number of alkyl halides is 3. The lowest BCUT2D eigenvalue weighted by Gasteiger charge is -2.30. The van der Waals surface area contributed by atoms with E-state index in [0.29, 0.717) is 49.2 Å². The minimum atomic E-state index is -4.35. The van der Waals surface area contributed by atoms with Crippen molar-refractivity contribution in [1.82, 2.24) is 14.9 Å². The largest absolute Gasteiger partial charge is 0.438 e. The molecule has 8 heteroatoms. The summed E-state index contributed by atoms with van der Waals surface area (Å²) in [6.07, 6.45) is -1.40. The highest BCUT2D eigenvalue weighted by atomic mass is 19.4. The van der Waals surface area contributed by atoms with Gasteiger partial charge in [0.2, 0.25) is 11.8 Å². The van der Waals surface area contributed by atoms with Gasteiger partial charge in [0.15, 0.2) is 0 Å². The summed E-state index contributed by atoms with van der Waals surface area (Å²) in [4.78, 5) is 14.0. The molecule has 1 saturated heterocycles. The van der Waals surface area contributed by atoms with E-state index in [9.17, 15) is 13.2 Å². The Morgan fingerprint density at radius 1 is 0.971 bits per heavy atom. The molecule has 0 saturated carbocycles. The van der Waals surface area contributed by atoms with Crippen LogP contribution in [0, 0.1) is 6.92 Å². The summed E-state index contributed by atoms with van der Waals surface area (Å²) in [6, 6.07) is 13.4. The summed E-state index contributed by atoms with van der Waals surface area (Å²) >= 11 is 0. The van der Waals surface area contributed by atoms with Gasteiger partial charge in [-0.15, -0.1) is 0 Å². The predicted octanol–water partition coefficient (Wildman–Crippen LogP) is 5.75. The molecular formula is C26H27F3N4O. The van der Waals surface area contributed by atoms with Crippen LogP contribution in [-0.4, -0.2) is 34.5 Å². The monoisotopic (exact) mass is 468 g/mol. The van der Waals surface area contributed by atoms with Gasteiger partial charge in [0.1, 0.15) is 5.75 Å². The Morgan fingerprint density at radius 3 is 2.53 bits per heavy atom. The number of ether oxygens (including phenoxy) is 1. The van der Waals surface area contributed by atoms with E-state index < -0.39 is 11.7 Å². The molecule has 3 aromatic rings. The lowest BCUT2D eigenvalue weighted by molar-refractivity contribution is -0.137. The van der Waals surface area contributed by atoms with Gasteiger partial charge in [0, 0.05) is 39.1 Å². The highest BCUT2D eigenvalue weighted by Gasteiger charge is 2.31. The number of benzene rings is 2. The molecule has 1 fully saturated rings. The van der Waals surface area contributed by atoms with Crippen LogP contribution in [0.3, 0.4) is 0 Å². The first kappa shape index (κ1) is 22.7. The minimum Gasteiger partial charge on any atom is -0.438 e. The van der Waals surface area contributed by atoms with Crippen LogP contribution in [-0.2, 0) is 25.7 Å². The Hall–Kier alpha value is -3.13. The molecule has 2 aromatic carbocycles.